The van der Waals surface area contributed by atoms with E-state index < -0.39 is 0 Å². The standard InChI is InChI=1S/C14H13ClN2OS/c15-9-4-6-16-12(8-9)14(18)17-11-2-1-3-13-10(11)5-7-19-13/h4-8,11H,1-3H2,(H,17,18). The van der Waals surface area contributed by atoms with Crippen molar-refractivity contribution < 1.29 is 4.79 Å². The van der Waals surface area contributed by atoms with Crippen LogP contribution in [-0.2, 0) is 6.42 Å². The highest BCUT2D eigenvalue weighted by Gasteiger charge is 2.23. The molecule has 2 heterocycles. The van der Waals surface area contributed by atoms with Crippen LogP contribution in [0.15, 0.2) is 29.8 Å². The van der Waals surface area contributed by atoms with Crippen molar-refractivity contribution in [2.24, 2.45) is 0 Å². The number of aryl methyl sites for hydroxylation is 1. The monoisotopic (exact) mass is 292 g/mol. The number of halogens is 1. The van der Waals surface area contributed by atoms with Crippen LogP contribution in [0.5, 0.6) is 0 Å². The van der Waals surface area contributed by atoms with Gasteiger partial charge in [-0.25, -0.2) is 0 Å². The summed E-state index contributed by atoms with van der Waals surface area (Å²) in [6.45, 7) is 0. The Bertz CT molecular complexity index is 611. The molecule has 5 heteroatoms. The van der Waals surface area contributed by atoms with Crippen molar-refractivity contribution in [2.75, 3.05) is 0 Å². The van der Waals surface area contributed by atoms with E-state index in [-0.39, 0.29) is 11.9 Å². The van der Waals surface area contributed by atoms with Gasteiger partial charge in [0.1, 0.15) is 5.69 Å². The molecule has 1 N–H and O–H groups in total. The average Bonchev–Trinajstić information content (AvgIpc) is 2.88. The largest absolute Gasteiger partial charge is 0.344 e. The Morgan fingerprint density at radius 1 is 1.47 bits per heavy atom. The molecule has 0 saturated heterocycles. The Labute approximate surface area is 120 Å². The normalized spacial score (nSPS) is 17.8. The summed E-state index contributed by atoms with van der Waals surface area (Å²) >= 11 is 7.64. The lowest BCUT2D eigenvalue weighted by Gasteiger charge is -2.23. The molecule has 0 aliphatic heterocycles. The van der Waals surface area contributed by atoms with E-state index in [2.05, 4.69) is 21.7 Å². The lowest BCUT2D eigenvalue weighted by molar-refractivity contribution is 0.0928. The van der Waals surface area contributed by atoms with Gasteiger partial charge in [-0.15, -0.1) is 11.3 Å². The molecule has 1 aliphatic rings. The lowest BCUT2D eigenvalue weighted by Crippen LogP contribution is -2.30. The second-order valence-corrected chi connectivity index (χ2v) is 6.01. The van der Waals surface area contributed by atoms with Crippen molar-refractivity contribution in [3.8, 4) is 0 Å². The fraction of sp³-hybridized carbons (Fsp3) is 0.286. The summed E-state index contributed by atoms with van der Waals surface area (Å²) in [5, 5.41) is 5.67. The van der Waals surface area contributed by atoms with Crippen LogP contribution < -0.4 is 5.32 Å². The summed E-state index contributed by atoms with van der Waals surface area (Å²) in [5.74, 6) is -0.161. The maximum Gasteiger partial charge on any atom is 0.270 e. The van der Waals surface area contributed by atoms with Crippen LogP contribution in [0.3, 0.4) is 0 Å². The van der Waals surface area contributed by atoms with Crippen molar-refractivity contribution >= 4 is 28.8 Å². The number of aromatic nitrogens is 1. The first-order valence-electron chi connectivity index (χ1n) is 6.23. The van der Waals surface area contributed by atoms with Crippen LogP contribution in [0, 0.1) is 0 Å². The van der Waals surface area contributed by atoms with Gasteiger partial charge < -0.3 is 5.32 Å². The summed E-state index contributed by atoms with van der Waals surface area (Å²) in [4.78, 5) is 17.6. The van der Waals surface area contributed by atoms with E-state index >= 15 is 0 Å². The van der Waals surface area contributed by atoms with Gasteiger partial charge in [-0.05, 0) is 48.4 Å². The highest BCUT2D eigenvalue weighted by atomic mass is 35.5. The van der Waals surface area contributed by atoms with Crippen molar-refractivity contribution in [3.05, 3.63) is 50.9 Å². The minimum Gasteiger partial charge on any atom is -0.344 e. The van der Waals surface area contributed by atoms with E-state index in [1.807, 2.05) is 0 Å². The zero-order valence-electron chi connectivity index (χ0n) is 10.2. The summed E-state index contributed by atoms with van der Waals surface area (Å²) in [5.41, 5.74) is 1.63. The summed E-state index contributed by atoms with van der Waals surface area (Å²) in [6, 6.07) is 5.46. The molecule has 1 atom stereocenters. The topological polar surface area (TPSA) is 42.0 Å². The van der Waals surface area contributed by atoms with Crippen LogP contribution in [0.25, 0.3) is 0 Å². The van der Waals surface area contributed by atoms with Gasteiger partial charge in [-0.2, -0.15) is 0 Å². The first-order chi connectivity index (χ1) is 9.24. The van der Waals surface area contributed by atoms with Crippen molar-refractivity contribution in [3.63, 3.8) is 0 Å². The highest BCUT2D eigenvalue weighted by molar-refractivity contribution is 7.10. The Balaban J connectivity index is 1.78. The fourth-order valence-electron chi connectivity index (χ4n) is 2.40. The maximum atomic E-state index is 12.2. The number of thiophene rings is 1. The smallest absolute Gasteiger partial charge is 0.270 e. The molecule has 2 aromatic heterocycles. The molecule has 0 saturated carbocycles. The molecule has 0 aromatic carbocycles. The molecule has 2 aromatic rings. The third-order valence-corrected chi connectivity index (χ3v) is 4.54. The van der Waals surface area contributed by atoms with E-state index in [1.165, 1.54) is 10.4 Å². The molecule has 19 heavy (non-hydrogen) atoms. The number of fused-ring (bicyclic) bond motifs is 1. The summed E-state index contributed by atoms with van der Waals surface area (Å²) < 4.78 is 0. The minimum atomic E-state index is -0.161. The number of hydrogen-bond donors (Lipinski definition) is 1. The van der Waals surface area contributed by atoms with E-state index in [1.54, 1.807) is 29.7 Å². The first kappa shape index (κ1) is 12.6. The number of nitrogens with one attached hydrogen (secondary N) is 1. The molecule has 3 rings (SSSR count). The molecular weight excluding hydrogens is 280 g/mol. The molecule has 98 valence electrons. The number of carbonyl (C=O) groups is 1. The Morgan fingerprint density at radius 2 is 2.37 bits per heavy atom. The Kier molecular flexibility index (Phi) is 3.53. The molecule has 0 spiro atoms. The van der Waals surface area contributed by atoms with Crippen molar-refractivity contribution in [1.82, 2.24) is 10.3 Å². The van der Waals surface area contributed by atoms with E-state index in [9.17, 15) is 4.79 Å². The van der Waals surface area contributed by atoms with Gasteiger partial charge in [0.25, 0.3) is 5.91 Å². The number of hydrogen-bond acceptors (Lipinski definition) is 3. The summed E-state index contributed by atoms with van der Waals surface area (Å²) in [6.07, 6.45) is 4.76. The van der Waals surface area contributed by atoms with Gasteiger partial charge in [0.05, 0.1) is 6.04 Å². The van der Waals surface area contributed by atoms with Gasteiger partial charge in [0.15, 0.2) is 0 Å². The molecule has 1 amide bonds. The molecule has 0 radical (unpaired) electrons. The number of nitrogens with zero attached hydrogens (tertiary/aromatic N) is 1. The van der Waals surface area contributed by atoms with Gasteiger partial charge in [0, 0.05) is 16.1 Å². The van der Waals surface area contributed by atoms with Gasteiger partial charge in [-0.1, -0.05) is 11.6 Å². The van der Waals surface area contributed by atoms with Gasteiger partial charge in [0.2, 0.25) is 0 Å². The SMILES string of the molecule is O=C(NC1CCCc2sccc21)c1cc(Cl)ccn1. The van der Waals surface area contributed by atoms with E-state index in [4.69, 9.17) is 11.6 Å². The quantitative estimate of drug-likeness (QED) is 0.919. The molecule has 1 aliphatic carbocycles. The fourth-order valence-corrected chi connectivity index (χ4v) is 3.54. The zero-order chi connectivity index (χ0) is 13.2. The Morgan fingerprint density at radius 3 is 3.21 bits per heavy atom. The number of amides is 1. The maximum absolute atomic E-state index is 12.2. The van der Waals surface area contributed by atoms with Crippen LogP contribution >= 0.6 is 22.9 Å². The number of rotatable bonds is 2. The number of carbonyl (C=O) groups excluding carboxylic acids is 1. The second kappa shape index (κ2) is 5.31. The van der Waals surface area contributed by atoms with Crippen LogP contribution in [0.1, 0.15) is 39.8 Å². The average molecular weight is 293 g/mol. The van der Waals surface area contributed by atoms with Gasteiger partial charge in [-0.3, -0.25) is 9.78 Å². The van der Waals surface area contributed by atoms with Crippen molar-refractivity contribution in [1.29, 1.82) is 0 Å². The minimum absolute atomic E-state index is 0.100. The lowest BCUT2D eigenvalue weighted by atomic mass is 9.94. The zero-order valence-corrected chi connectivity index (χ0v) is 11.8. The molecular formula is C14H13ClN2OS. The Hall–Kier alpha value is -1.39. The predicted molar refractivity (Wildman–Crippen MR) is 76.7 cm³/mol. The number of pyridine rings is 1. The van der Waals surface area contributed by atoms with Crippen LogP contribution in [-0.4, -0.2) is 10.9 Å². The second-order valence-electron chi connectivity index (χ2n) is 4.58. The molecule has 3 nitrogen and oxygen atoms in total. The third kappa shape index (κ3) is 2.65. The first-order valence-corrected chi connectivity index (χ1v) is 7.48. The molecule has 0 bridgehead atoms. The van der Waals surface area contributed by atoms with Crippen LogP contribution in [0.4, 0.5) is 0 Å². The summed E-state index contributed by atoms with van der Waals surface area (Å²) in [7, 11) is 0. The van der Waals surface area contributed by atoms with Crippen molar-refractivity contribution in [2.45, 2.75) is 25.3 Å². The van der Waals surface area contributed by atoms with E-state index in [0.29, 0.717) is 10.7 Å². The van der Waals surface area contributed by atoms with E-state index in [0.717, 1.165) is 19.3 Å². The highest BCUT2D eigenvalue weighted by Crippen LogP contribution is 2.33. The predicted octanol–water partition coefficient (Wildman–Crippen LogP) is 3.60. The third-order valence-electron chi connectivity index (χ3n) is 3.31. The molecule has 0 fully saturated rings. The molecule has 1 unspecified atom stereocenters. The van der Waals surface area contributed by atoms with Gasteiger partial charge >= 0.3 is 0 Å². The van der Waals surface area contributed by atoms with Crippen LogP contribution in [0.2, 0.25) is 5.02 Å².